The van der Waals surface area contributed by atoms with Gasteiger partial charge < -0.3 is 5.32 Å². The Labute approximate surface area is 104 Å². The SMILES string of the molecule is Cc1cc(C(C)C)nc(NC(C)C2CCC2)n1. The summed E-state index contributed by atoms with van der Waals surface area (Å²) in [5, 5.41) is 3.46. The van der Waals surface area contributed by atoms with Crippen molar-refractivity contribution in [1.29, 1.82) is 0 Å². The monoisotopic (exact) mass is 233 g/mol. The van der Waals surface area contributed by atoms with E-state index in [1.807, 2.05) is 6.92 Å². The molecule has 3 nitrogen and oxygen atoms in total. The number of aryl methyl sites for hydroxylation is 1. The van der Waals surface area contributed by atoms with Gasteiger partial charge in [0, 0.05) is 17.4 Å². The number of hydrogen-bond donors (Lipinski definition) is 1. The molecule has 1 aromatic rings. The van der Waals surface area contributed by atoms with Gasteiger partial charge in [-0.3, -0.25) is 0 Å². The largest absolute Gasteiger partial charge is 0.351 e. The molecule has 0 bridgehead atoms. The third kappa shape index (κ3) is 2.96. The van der Waals surface area contributed by atoms with Crippen molar-refractivity contribution in [2.24, 2.45) is 5.92 Å². The third-order valence-electron chi connectivity index (χ3n) is 3.68. The summed E-state index contributed by atoms with van der Waals surface area (Å²) >= 11 is 0. The average Bonchev–Trinajstić information content (AvgIpc) is 2.13. The molecule has 0 saturated heterocycles. The van der Waals surface area contributed by atoms with Crippen molar-refractivity contribution in [1.82, 2.24) is 9.97 Å². The van der Waals surface area contributed by atoms with Gasteiger partial charge in [0.2, 0.25) is 5.95 Å². The first-order valence-corrected chi connectivity index (χ1v) is 6.68. The molecule has 0 aromatic carbocycles. The van der Waals surface area contributed by atoms with E-state index in [9.17, 15) is 0 Å². The highest BCUT2D eigenvalue weighted by molar-refractivity contribution is 5.30. The summed E-state index contributed by atoms with van der Waals surface area (Å²) in [5.41, 5.74) is 2.17. The summed E-state index contributed by atoms with van der Waals surface area (Å²) in [6, 6.07) is 2.56. The lowest BCUT2D eigenvalue weighted by atomic mass is 9.80. The third-order valence-corrected chi connectivity index (χ3v) is 3.68. The van der Waals surface area contributed by atoms with Crippen molar-refractivity contribution in [3.63, 3.8) is 0 Å². The molecule has 17 heavy (non-hydrogen) atoms. The van der Waals surface area contributed by atoms with Crippen molar-refractivity contribution in [2.75, 3.05) is 5.32 Å². The first-order chi connectivity index (χ1) is 8.06. The maximum absolute atomic E-state index is 4.59. The van der Waals surface area contributed by atoms with Gasteiger partial charge >= 0.3 is 0 Å². The molecule has 3 heteroatoms. The van der Waals surface area contributed by atoms with Crippen LogP contribution in [0.1, 0.15) is 57.3 Å². The van der Waals surface area contributed by atoms with Crippen molar-refractivity contribution in [3.8, 4) is 0 Å². The molecule has 1 atom stereocenters. The van der Waals surface area contributed by atoms with Crippen LogP contribution < -0.4 is 5.32 Å². The van der Waals surface area contributed by atoms with E-state index in [0.717, 1.165) is 23.3 Å². The first-order valence-electron chi connectivity index (χ1n) is 6.68. The van der Waals surface area contributed by atoms with Crippen LogP contribution in [0.2, 0.25) is 0 Å². The molecule has 0 amide bonds. The molecule has 0 radical (unpaired) electrons. The molecule has 1 fully saturated rings. The molecule has 1 aliphatic carbocycles. The zero-order valence-corrected chi connectivity index (χ0v) is 11.3. The second-order valence-corrected chi connectivity index (χ2v) is 5.54. The standard InChI is InChI=1S/C14H23N3/c1-9(2)13-8-10(3)15-14(17-13)16-11(4)12-6-5-7-12/h8-9,11-12H,5-7H2,1-4H3,(H,15,16,17). The molecular weight excluding hydrogens is 210 g/mol. The second kappa shape index (κ2) is 5.03. The van der Waals surface area contributed by atoms with Gasteiger partial charge in [0.25, 0.3) is 0 Å². The Morgan fingerprint density at radius 2 is 1.94 bits per heavy atom. The highest BCUT2D eigenvalue weighted by Gasteiger charge is 2.24. The number of nitrogens with zero attached hydrogens (tertiary/aromatic N) is 2. The van der Waals surface area contributed by atoms with Gasteiger partial charge in [0.1, 0.15) is 0 Å². The van der Waals surface area contributed by atoms with Gasteiger partial charge in [0.15, 0.2) is 0 Å². The Hall–Kier alpha value is -1.12. The number of anilines is 1. The van der Waals surface area contributed by atoms with Gasteiger partial charge in [-0.25, -0.2) is 9.97 Å². The van der Waals surface area contributed by atoms with Crippen LogP contribution in [0.3, 0.4) is 0 Å². The Kier molecular flexibility index (Phi) is 3.65. The highest BCUT2D eigenvalue weighted by atomic mass is 15.1. The van der Waals surface area contributed by atoms with Gasteiger partial charge in [-0.05, 0) is 44.6 Å². The lowest BCUT2D eigenvalue weighted by molar-refractivity contribution is 0.284. The molecule has 1 aromatic heterocycles. The maximum atomic E-state index is 4.59. The predicted molar refractivity (Wildman–Crippen MR) is 71.3 cm³/mol. The minimum Gasteiger partial charge on any atom is -0.351 e. The van der Waals surface area contributed by atoms with Crippen LogP contribution in [-0.2, 0) is 0 Å². The fourth-order valence-electron chi connectivity index (χ4n) is 2.21. The molecule has 94 valence electrons. The van der Waals surface area contributed by atoms with Crippen molar-refractivity contribution in [3.05, 3.63) is 17.5 Å². The number of rotatable bonds is 4. The highest BCUT2D eigenvalue weighted by Crippen LogP contribution is 2.30. The fourth-order valence-corrected chi connectivity index (χ4v) is 2.21. The molecule has 1 heterocycles. The summed E-state index contributed by atoms with van der Waals surface area (Å²) in [6.45, 7) is 8.61. The quantitative estimate of drug-likeness (QED) is 0.864. The van der Waals surface area contributed by atoms with Gasteiger partial charge in [-0.2, -0.15) is 0 Å². The number of aromatic nitrogens is 2. The van der Waals surface area contributed by atoms with Crippen LogP contribution in [0.25, 0.3) is 0 Å². The molecule has 2 rings (SSSR count). The van der Waals surface area contributed by atoms with Gasteiger partial charge in [-0.15, -0.1) is 0 Å². The molecule has 0 spiro atoms. The van der Waals surface area contributed by atoms with Crippen LogP contribution >= 0.6 is 0 Å². The first kappa shape index (κ1) is 12.3. The van der Waals surface area contributed by atoms with E-state index < -0.39 is 0 Å². The topological polar surface area (TPSA) is 37.8 Å². The Bertz CT molecular complexity index is 383. The summed E-state index contributed by atoms with van der Waals surface area (Å²) in [6.07, 6.45) is 4.07. The molecule has 1 saturated carbocycles. The Morgan fingerprint density at radius 1 is 1.24 bits per heavy atom. The van der Waals surface area contributed by atoms with Gasteiger partial charge in [-0.1, -0.05) is 20.3 Å². The Balaban J connectivity index is 2.08. The van der Waals surface area contributed by atoms with Crippen molar-refractivity contribution in [2.45, 2.75) is 58.9 Å². The zero-order chi connectivity index (χ0) is 12.4. The lowest BCUT2D eigenvalue weighted by Gasteiger charge is -2.32. The van der Waals surface area contributed by atoms with Crippen molar-refractivity contribution >= 4 is 5.95 Å². The molecular formula is C14H23N3. The summed E-state index contributed by atoms with van der Waals surface area (Å²) < 4.78 is 0. The number of hydrogen-bond acceptors (Lipinski definition) is 3. The van der Waals surface area contributed by atoms with E-state index in [0.29, 0.717) is 12.0 Å². The van der Waals surface area contributed by atoms with Crippen molar-refractivity contribution < 1.29 is 0 Å². The van der Waals surface area contributed by atoms with E-state index in [1.54, 1.807) is 0 Å². The second-order valence-electron chi connectivity index (χ2n) is 5.54. The van der Waals surface area contributed by atoms with Gasteiger partial charge in [0.05, 0.1) is 0 Å². The van der Waals surface area contributed by atoms with Crippen LogP contribution in [0.15, 0.2) is 6.07 Å². The van der Waals surface area contributed by atoms with Crippen LogP contribution in [0.4, 0.5) is 5.95 Å². The van der Waals surface area contributed by atoms with Crippen LogP contribution in [-0.4, -0.2) is 16.0 Å². The smallest absolute Gasteiger partial charge is 0.223 e. The molecule has 1 unspecified atom stereocenters. The molecule has 1 N–H and O–H groups in total. The minimum atomic E-state index is 0.455. The zero-order valence-electron chi connectivity index (χ0n) is 11.3. The fraction of sp³-hybridized carbons (Fsp3) is 0.714. The predicted octanol–water partition coefficient (Wildman–Crippen LogP) is 3.51. The normalized spacial score (nSPS) is 17.9. The molecule has 0 aliphatic heterocycles. The van der Waals surface area contributed by atoms with E-state index in [1.165, 1.54) is 19.3 Å². The lowest BCUT2D eigenvalue weighted by Crippen LogP contribution is -2.31. The summed E-state index contributed by atoms with van der Waals surface area (Å²) in [7, 11) is 0. The van der Waals surface area contributed by atoms with E-state index in [-0.39, 0.29) is 0 Å². The Morgan fingerprint density at radius 3 is 2.47 bits per heavy atom. The van der Waals surface area contributed by atoms with Crippen LogP contribution in [0, 0.1) is 12.8 Å². The summed E-state index contributed by atoms with van der Waals surface area (Å²) in [5.74, 6) is 2.06. The van der Waals surface area contributed by atoms with E-state index in [2.05, 4.69) is 42.1 Å². The van der Waals surface area contributed by atoms with E-state index >= 15 is 0 Å². The minimum absolute atomic E-state index is 0.455. The van der Waals surface area contributed by atoms with E-state index in [4.69, 9.17) is 0 Å². The molecule has 1 aliphatic rings. The summed E-state index contributed by atoms with van der Waals surface area (Å²) in [4.78, 5) is 9.07. The number of nitrogens with one attached hydrogen (secondary N) is 1. The van der Waals surface area contributed by atoms with Crippen LogP contribution in [0.5, 0.6) is 0 Å². The average molecular weight is 233 g/mol. The maximum Gasteiger partial charge on any atom is 0.223 e.